The summed E-state index contributed by atoms with van der Waals surface area (Å²) < 4.78 is 0. The molecule has 1 aromatic heterocycles. The number of hydrogen-bond acceptors (Lipinski definition) is 2. The van der Waals surface area contributed by atoms with Gasteiger partial charge < -0.3 is 15.4 Å². The van der Waals surface area contributed by atoms with Gasteiger partial charge in [-0.3, -0.25) is 0 Å². The van der Waals surface area contributed by atoms with E-state index in [1.54, 1.807) is 0 Å². The summed E-state index contributed by atoms with van der Waals surface area (Å²) >= 11 is 0. The van der Waals surface area contributed by atoms with E-state index in [4.69, 9.17) is 0 Å². The summed E-state index contributed by atoms with van der Waals surface area (Å²) in [7, 11) is 1.83. The number of para-hydroxylation sites is 1. The number of nitrogens with one attached hydrogen (secondary N) is 2. The molecule has 0 saturated carbocycles. The fraction of sp³-hybridized carbons (Fsp3) is 0.273. The van der Waals surface area contributed by atoms with Crippen LogP contribution < -0.4 is 5.32 Å². The molecular formula is C11H14N2O. The maximum Gasteiger partial charge on any atom is 0.0934 e. The van der Waals surface area contributed by atoms with E-state index in [1.807, 2.05) is 37.5 Å². The molecule has 3 N–H and O–H groups in total. The highest BCUT2D eigenvalue weighted by molar-refractivity contribution is 5.83. The molecule has 74 valence electrons. The molecule has 0 spiro atoms. The van der Waals surface area contributed by atoms with Gasteiger partial charge in [0.1, 0.15) is 0 Å². The van der Waals surface area contributed by atoms with Crippen molar-refractivity contribution in [1.29, 1.82) is 0 Å². The normalized spacial score (nSPS) is 13.3. The quantitative estimate of drug-likeness (QED) is 0.685. The summed E-state index contributed by atoms with van der Waals surface area (Å²) in [6.07, 6.45) is 1.42. The summed E-state index contributed by atoms with van der Waals surface area (Å²) in [5, 5.41) is 13.9. The van der Waals surface area contributed by atoms with Crippen LogP contribution in [0.25, 0.3) is 10.9 Å². The van der Waals surface area contributed by atoms with Crippen molar-refractivity contribution >= 4 is 10.9 Å². The van der Waals surface area contributed by atoms with Crippen LogP contribution in [-0.4, -0.2) is 23.7 Å². The van der Waals surface area contributed by atoms with Crippen LogP contribution in [0.1, 0.15) is 11.7 Å². The highest BCUT2D eigenvalue weighted by Gasteiger charge is 2.10. The first-order chi connectivity index (χ1) is 6.83. The average Bonchev–Trinajstić information content (AvgIpc) is 2.61. The molecule has 0 aliphatic rings. The zero-order valence-corrected chi connectivity index (χ0v) is 8.12. The number of aromatic nitrogens is 1. The van der Waals surface area contributed by atoms with Gasteiger partial charge in [0.15, 0.2) is 0 Å². The summed E-state index contributed by atoms with van der Waals surface area (Å²) in [6, 6.07) is 7.98. The SMILES string of the molecule is CNC[C@@H](O)c1c[nH]c2ccccc12. The van der Waals surface area contributed by atoms with Crippen LogP contribution in [0.4, 0.5) is 0 Å². The second-order valence-corrected chi connectivity index (χ2v) is 3.36. The van der Waals surface area contributed by atoms with E-state index in [1.165, 1.54) is 0 Å². The lowest BCUT2D eigenvalue weighted by Gasteiger charge is -2.08. The maximum absolute atomic E-state index is 9.82. The monoisotopic (exact) mass is 190 g/mol. The van der Waals surface area contributed by atoms with Crippen LogP contribution >= 0.6 is 0 Å². The van der Waals surface area contributed by atoms with Crippen molar-refractivity contribution < 1.29 is 5.11 Å². The predicted octanol–water partition coefficient (Wildman–Crippen LogP) is 1.42. The maximum atomic E-state index is 9.82. The molecule has 0 amide bonds. The zero-order chi connectivity index (χ0) is 9.97. The Labute approximate surface area is 82.8 Å². The number of aliphatic hydroxyl groups excluding tert-OH is 1. The summed E-state index contributed by atoms with van der Waals surface area (Å²) in [4.78, 5) is 3.14. The first-order valence-electron chi connectivity index (χ1n) is 4.71. The van der Waals surface area contributed by atoms with Crippen molar-refractivity contribution in [3.05, 3.63) is 36.0 Å². The number of fused-ring (bicyclic) bond motifs is 1. The Morgan fingerprint density at radius 3 is 3.00 bits per heavy atom. The second kappa shape index (κ2) is 3.82. The van der Waals surface area contributed by atoms with E-state index < -0.39 is 6.10 Å². The third-order valence-corrected chi connectivity index (χ3v) is 2.38. The number of benzene rings is 1. The molecule has 2 rings (SSSR count). The van der Waals surface area contributed by atoms with Crippen molar-refractivity contribution in [3.8, 4) is 0 Å². The van der Waals surface area contributed by atoms with E-state index in [0.717, 1.165) is 16.5 Å². The number of likely N-dealkylation sites (N-methyl/N-ethyl adjacent to an activating group) is 1. The van der Waals surface area contributed by atoms with Crippen LogP contribution in [0.15, 0.2) is 30.5 Å². The van der Waals surface area contributed by atoms with Gasteiger partial charge in [0, 0.05) is 29.2 Å². The highest BCUT2D eigenvalue weighted by Crippen LogP contribution is 2.23. The van der Waals surface area contributed by atoms with Gasteiger partial charge >= 0.3 is 0 Å². The van der Waals surface area contributed by atoms with Crippen LogP contribution in [-0.2, 0) is 0 Å². The Balaban J connectivity index is 2.42. The smallest absolute Gasteiger partial charge is 0.0934 e. The Bertz CT molecular complexity index is 422. The minimum Gasteiger partial charge on any atom is -0.387 e. The molecule has 0 aliphatic heterocycles. The highest BCUT2D eigenvalue weighted by atomic mass is 16.3. The Morgan fingerprint density at radius 1 is 1.43 bits per heavy atom. The Hall–Kier alpha value is -1.32. The third kappa shape index (κ3) is 1.52. The molecule has 1 atom stereocenters. The molecule has 0 radical (unpaired) electrons. The van der Waals surface area contributed by atoms with Gasteiger partial charge in [-0.1, -0.05) is 18.2 Å². The van der Waals surface area contributed by atoms with Crippen molar-refractivity contribution in [2.45, 2.75) is 6.10 Å². The van der Waals surface area contributed by atoms with Gasteiger partial charge in [0.05, 0.1) is 6.10 Å². The zero-order valence-electron chi connectivity index (χ0n) is 8.12. The number of hydrogen-bond donors (Lipinski definition) is 3. The van der Waals surface area contributed by atoms with Crippen LogP contribution in [0.5, 0.6) is 0 Å². The molecule has 0 aliphatic carbocycles. The molecule has 0 fully saturated rings. The largest absolute Gasteiger partial charge is 0.387 e. The Kier molecular flexibility index (Phi) is 2.52. The minimum absolute atomic E-state index is 0.448. The molecular weight excluding hydrogens is 176 g/mol. The second-order valence-electron chi connectivity index (χ2n) is 3.36. The van der Waals surface area contributed by atoms with Crippen molar-refractivity contribution in [3.63, 3.8) is 0 Å². The minimum atomic E-state index is -0.448. The fourth-order valence-corrected chi connectivity index (χ4v) is 1.67. The lowest BCUT2D eigenvalue weighted by atomic mass is 10.1. The lowest BCUT2D eigenvalue weighted by Crippen LogP contribution is -2.16. The molecule has 0 unspecified atom stereocenters. The molecule has 3 nitrogen and oxygen atoms in total. The number of rotatable bonds is 3. The van der Waals surface area contributed by atoms with Gasteiger partial charge in [-0.15, -0.1) is 0 Å². The van der Waals surface area contributed by atoms with Crippen molar-refractivity contribution in [2.24, 2.45) is 0 Å². The Morgan fingerprint density at radius 2 is 2.21 bits per heavy atom. The van der Waals surface area contributed by atoms with E-state index >= 15 is 0 Å². The van der Waals surface area contributed by atoms with Gasteiger partial charge in [-0.25, -0.2) is 0 Å². The molecule has 0 bridgehead atoms. The van der Waals surface area contributed by atoms with Crippen molar-refractivity contribution in [2.75, 3.05) is 13.6 Å². The lowest BCUT2D eigenvalue weighted by molar-refractivity contribution is 0.179. The average molecular weight is 190 g/mol. The predicted molar refractivity (Wildman–Crippen MR) is 57.2 cm³/mol. The van der Waals surface area contributed by atoms with E-state index in [9.17, 15) is 5.11 Å². The van der Waals surface area contributed by atoms with Crippen LogP contribution in [0.3, 0.4) is 0 Å². The standard InChI is InChI=1S/C11H14N2O/c1-12-7-11(14)9-6-13-10-5-3-2-4-8(9)10/h2-6,11-14H,7H2,1H3/t11-/m1/s1. The van der Waals surface area contributed by atoms with Gasteiger partial charge in [-0.05, 0) is 13.1 Å². The molecule has 0 saturated heterocycles. The number of aliphatic hydroxyl groups is 1. The first kappa shape index (κ1) is 9.24. The molecule has 3 heteroatoms. The molecule has 1 aromatic carbocycles. The van der Waals surface area contributed by atoms with Gasteiger partial charge in [0.25, 0.3) is 0 Å². The van der Waals surface area contributed by atoms with E-state index in [0.29, 0.717) is 6.54 Å². The molecule has 2 aromatic rings. The topological polar surface area (TPSA) is 48.0 Å². The van der Waals surface area contributed by atoms with E-state index in [2.05, 4.69) is 10.3 Å². The number of H-pyrrole nitrogens is 1. The molecule has 1 heterocycles. The summed E-state index contributed by atoms with van der Waals surface area (Å²) in [5.74, 6) is 0. The number of aromatic amines is 1. The fourth-order valence-electron chi connectivity index (χ4n) is 1.67. The van der Waals surface area contributed by atoms with E-state index in [-0.39, 0.29) is 0 Å². The van der Waals surface area contributed by atoms with Gasteiger partial charge in [0.2, 0.25) is 0 Å². The summed E-state index contributed by atoms with van der Waals surface area (Å²) in [6.45, 7) is 0.571. The third-order valence-electron chi connectivity index (χ3n) is 2.38. The summed E-state index contributed by atoms with van der Waals surface area (Å²) in [5.41, 5.74) is 2.02. The van der Waals surface area contributed by atoms with Gasteiger partial charge in [-0.2, -0.15) is 0 Å². The van der Waals surface area contributed by atoms with Crippen LogP contribution in [0, 0.1) is 0 Å². The first-order valence-corrected chi connectivity index (χ1v) is 4.71. The molecule has 14 heavy (non-hydrogen) atoms. The van der Waals surface area contributed by atoms with Crippen molar-refractivity contribution in [1.82, 2.24) is 10.3 Å². The van der Waals surface area contributed by atoms with Crippen LogP contribution in [0.2, 0.25) is 0 Å².